The smallest absolute Gasteiger partial charge is 0.307 e. The fraction of sp³-hybridized carbons (Fsp3) is 0.241. The van der Waals surface area contributed by atoms with E-state index in [0.29, 0.717) is 19.1 Å². The third kappa shape index (κ3) is 5.82. The lowest BCUT2D eigenvalue weighted by molar-refractivity contribution is -0.143. The number of esters is 1. The Morgan fingerprint density at radius 3 is 2.69 bits per heavy atom. The Labute approximate surface area is 209 Å². The number of ether oxygens (including phenoxy) is 3. The summed E-state index contributed by atoms with van der Waals surface area (Å²) in [5.74, 6) is 6.94. The number of pyridine rings is 1. The Bertz CT molecular complexity index is 1360. The highest BCUT2D eigenvalue weighted by atomic mass is 32.1. The topological polar surface area (TPSA) is 57.7 Å². The standard InChI is InChI=1S/C29H27NO4S/c1-4-7-22(17-28(31)33-5-2)21-10-12-23(13-11-21)34-18-20-9-14-27-25(16-20)26(19-35-27)24-8-6-15-30-29(24)32-3/h6,8-16,19,22H,5,17-18H2,1-3H3/t22-/m0/s1. The Kier molecular flexibility index (Phi) is 8.02. The number of fused-ring (bicyclic) bond motifs is 1. The summed E-state index contributed by atoms with van der Waals surface area (Å²) in [5.41, 5.74) is 4.11. The molecule has 0 spiro atoms. The van der Waals surface area contributed by atoms with Crippen LogP contribution in [0.15, 0.2) is 66.2 Å². The zero-order valence-corrected chi connectivity index (χ0v) is 20.9. The minimum absolute atomic E-state index is 0.197. The molecular weight excluding hydrogens is 458 g/mol. The Balaban J connectivity index is 1.48. The predicted octanol–water partition coefficient (Wildman–Crippen LogP) is 6.61. The normalized spacial score (nSPS) is 11.4. The van der Waals surface area contributed by atoms with E-state index in [1.54, 1.807) is 38.5 Å². The maximum atomic E-state index is 11.9. The van der Waals surface area contributed by atoms with Crippen molar-refractivity contribution in [3.8, 4) is 34.6 Å². The second-order valence-corrected chi connectivity index (χ2v) is 8.77. The molecule has 5 nitrogen and oxygen atoms in total. The van der Waals surface area contributed by atoms with E-state index >= 15 is 0 Å². The van der Waals surface area contributed by atoms with Crippen molar-refractivity contribution in [3.63, 3.8) is 0 Å². The number of benzene rings is 2. The van der Waals surface area contributed by atoms with Crippen molar-refractivity contribution in [3.05, 3.63) is 77.3 Å². The highest BCUT2D eigenvalue weighted by Gasteiger charge is 2.15. The number of methoxy groups -OCH3 is 1. The van der Waals surface area contributed by atoms with Gasteiger partial charge in [-0.25, -0.2) is 4.98 Å². The SMILES string of the molecule is CC#C[C@@H](CC(=O)OCC)c1ccc(OCc2ccc3scc(-c4cccnc4OC)c3c2)cc1. The van der Waals surface area contributed by atoms with Gasteiger partial charge in [-0.1, -0.05) is 24.1 Å². The molecule has 0 amide bonds. The average Bonchev–Trinajstić information content (AvgIpc) is 3.31. The number of hydrogen-bond acceptors (Lipinski definition) is 6. The molecule has 2 aromatic carbocycles. The van der Waals surface area contributed by atoms with Crippen LogP contribution in [0.3, 0.4) is 0 Å². The van der Waals surface area contributed by atoms with Crippen molar-refractivity contribution < 1.29 is 19.0 Å². The van der Waals surface area contributed by atoms with Crippen LogP contribution in [-0.2, 0) is 16.1 Å². The van der Waals surface area contributed by atoms with Crippen LogP contribution in [0, 0.1) is 11.8 Å². The van der Waals surface area contributed by atoms with Crippen LogP contribution in [0.4, 0.5) is 0 Å². The summed E-state index contributed by atoms with van der Waals surface area (Å²) in [6.07, 6.45) is 1.97. The van der Waals surface area contributed by atoms with Gasteiger partial charge in [-0.05, 0) is 66.8 Å². The number of carbonyl (C=O) groups is 1. The van der Waals surface area contributed by atoms with Gasteiger partial charge in [0, 0.05) is 27.4 Å². The largest absolute Gasteiger partial charge is 0.489 e. The van der Waals surface area contributed by atoms with Crippen molar-refractivity contribution in [2.45, 2.75) is 32.8 Å². The van der Waals surface area contributed by atoms with Crippen LogP contribution >= 0.6 is 11.3 Å². The molecular formula is C29H27NO4S. The summed E-state index contributed by atoms with van der Waals surface area (Å²) in [6, 6.07) is 18.1. The van der Waals surface area contributed by atoms with E-state index < -0.39 is 0 Å². The quantitative estimate of drug-likeness (QED) is 0.197. The third-order valence-corrected chi connectivity index (χ3v) is 6.54. The van der Waals surface area contributed by atoms with Crippen LogP contribution < -0.4 is 9.47 Å². The van der Waals surface area contributed by atoms with Crippen molar-refractivity contribution in [1.82, 2.24) is 4.98 Å². The molecule has 4 rings (SSSR count). The first kappa shape index (κ1) is 24.3. The molecule has 0 bridgehead atoms. The first-order valence-electron chi connectivity index (χ1n) is 11.4. The lowest BCUT2D eigenvalue weighted by Gasteiger charge is -2.12. The molecule has 0 radical (unpaired) electrons. The number of hydrogen-bond donors (Lipinski definition) is 0. The van der Waals surface area contributed by atoms with E-state index in [0.717, 1.165) is 33.4 Å². The van der Waals surface area contributed by atoms with Crippen molar-refractivity contribution in [1.29, 1.82) is 0 Å². The van der Waals surface area contributed by atoms with E-state index in [1.165, 1.54) is 4.70 Å². The first-order valence-corrected chi connectivity index (χ1v) is 12.3. The van der Waals surface area contributed by atoms with Crippen molar-refractivity contribution in [2.24, 2.45) is 0 Å². The van der Waals surface area contributed by atoms with Gasteiger partial charge < -0.3 is 14.2 Å². The van der Waals surface area contributed by atoms with E-state index in [2.05, 4.69) is 40.4 Å². The number of nitrogens with zero attached hydrogens (tertiary/aromatic N) is 1. The molecule has 35 heavy (non-hydrogen) atoms. The zero-order chi connectivity index (χ0) is 24.6. The van der Waals surface area contributed by atoms with Crippen LogP contribution in [0.25, 0.3) is 21.2 Å². The van der Waals surface area contributed by atoms with Gasteiger partial charge in [-0.3, -0.25) is 4.79 Å². The van der Waals surface area contributed by atoms with Crippen molar-refractivity contribution in [2.75, 3.05) is 13.7 Å². The minimum Gasteiger partial charge on any atom is -0.489 e. The highest BCUT2D eigenvalue weighted by molar-refractivity contribution is 7.17. The van der Waals surface area contributed by atoms with Crippen LogP contribution in [0.1, 0.15) is 37.3 Å². The van der Waals surface area contributed by atoms with E-state index in [1.807, 2.05) is 36.4 Å². The summed E-state index contributed by atoms with van der Waals surface area (Å²) < 4.78 is 17.8. The second-order valence-electron chi connectivity index (χ2n) is 7.85. The van der Waals surface area contributed by atoms with Gasteiger partial charge in [0.25, 0.3) is 0 Å². The summed E-state index contributed by atoms with van der Waals surface area (Å²) >= 11 is 1.70. The summed E-state index contributed by atoms with van der Waals surface area (Å²) in [7, 11) is 1.64. The van der Waals surface area contributed by atoms with E-state index in [-0.39, 0.29) is 18.3 Å². The molecule has 0 aliphatic carbocycles. The third-order valence-electron chi connectivity index (χ3n) is 5.58. The molecule has 1 atom stereocenters. The van der Waals surface area contributed by atoms with Gasteiger partial charge in [0.2, 0.25) is 5.88 Å². The lowest BCUT2D eigenvalue weighted by atomic mass is 9.96. The maximum Gasteiger partial charge on any atom is 0.307 e. The Morgan fingerprint density at radius 1 is 1.11 bits per heavy atom. The molecule has 0 fully saturated rings. The minimum atomic E-state index is -0.243. The Morgan fingerprint density at radius 2 is 1.94 bits per heavy atom. The molecule has 0 N–H and O–H groups in total. The monoisotopic (exact) mass is 485 g/mol. The van der Waals surface area contributed by atoms with Gasteiger partial charge in [0.1, 0.15) is 12.4 Å². The van der Waals surface area contributed by atoms with Crippen molar-refractivity contribution >= 4 is 27.4 Å². The molecule has 0 aliphatic rings. The number of carbonyl (C=O) groups excluding carboxylic acids is 1. The van der Waals surface area contributed by atoms with Gasteiger partial charge in [0.15, 0.2) is 0 Å². The zero-order valence-electron chi connectivity index (χ0n) is 20.0. The molecule has 2 aromatic heterocycles. The number of aromatic nitrogens is 1. The summed E-state index contributed by atoms with van der Waals surface area (Å²) in [6.45, 7) is 4.38. The Hall–Kier alpha value is -3.82. The van der Waals surface area contributed by atoms with Gasteiger partial charge in [0.05, 0.1) is 26.1 Å². The lowest BCUT2D eigenvalue weighted by Crippen LogP contribution is -2.09. The molecule has 4 aromatic rings. The predicted molar refractivity (Wildman–Crippen MR) is 140 cm³/mol. The molecule has 0 saturated carbocycles. The molecule has 2 heterocycles. The van der Waals surface area contributed by atoms with Crippen LogP contribution in [-0.4, -0.2) is 24.7 Å². The second kappa shape index (κ2) is 11.5. The summed E-state index contributed by atoms with van der Waals surface area (Å²) in [5, 5.41) is 3.29. The molecule has 0 aliphatic heterocycles. The first-order chi connectivity index (χ1) is 17.1. The fourth-order valence-corrected chi connectivity index (χ4v) is 4.85. The number of rotatable bonds is 9. The average molecular weight is 486 g/mol. The molecule has 0 saturated heterocycles. The molecule has 6 heteroatoms. The molecule has 178 valence electrons. The van der Waals surface area contributed by atoms with Gasteiger partial charge in [-0.2, -0.15) is 0 Å². The fourth-order valence-electron chi connectivity index (χ4n) is 3.91. The highest BCUT2D eigenvalue weighted by Crippen LogP contribution is 2.38. The number of thiophene rings is 1. The summed E-state index contributed by atoms with van der Waals surface area (Å²) in [4.78, 5) is 16.3. The van der Waals surface area contributed by atoms with Crippen LogP contribution in [0.2, 0.25) is 0 Å². The maximum absolute atomic E-state index is 11.9. The van der Waals surface area contributed by atoms with Gasteiger partial charge in [-0.15, -0.1) is 17.3 Å². The van der Waals surface area contributed by atoms with Gasteiger partial charge >= 0.3 is 5.97 Å². The molecule has 0 unspecified atom stereocenters. The van der Waals surface area contributed by atoms with Crippen LogP contribution in [0.5, 0.6) is 11.6 Å². The van der Waals surface area contributed by atoms with E-state index in [9.17, 15) is 4.79 Å². The van der Waals surface area contributed by atoms with E-state index in [4.69, 9.17) is 14.2 Å².